The Kier molecular flexibility index (Phi) is 3.02. The Morgan fingerprint density at radius 1 is 1.38 bits per heavy atom. The van der Waals surface area contributed by atoms with Crippen LogP contribution in [0.1, 0.15) is 51.2 Å². The maximum atomic E-state index is 5.88. The smallest absolute Gasteiger partial charge is 0.137 e. The third-order valence-electron chi connectivity index (χ3n) is 3.15. The maximum absolute atomic E-state index is 5.88. The summed E-state index contributed by atoms with van der Waals surface area (Å²) in [6.45, 7) is 8.47. The molecule has 90 valence electrons. The number of fused-ring (bicyclic) bond motifs is 1. The molecule has 0 aliphatic carbocycles. The Hall–Kier alpha value is -0.900. The Labute approximate surface area is 97.2 Å². The number of nitrogens with two attached hydrogens (primary N) is 1. The number of hydrogen-bond donors (Lipinski definition) is 1. The second-order valence-electron chi connectivity index (χ2n) is 5.93. The fraction of sp³-hybridized carbons (Fsp3) is 0.833. The predicted octanol–water partition coefficient (Wildman–Crippen LogP) is 1.70. The first kappa shape index (κ1) is 11.6. The van der Waals surface area contributed by atoms with Crippen molar-refractivity contribution in [2.45, 2.75) is 52.5 Å². The van der Waals surface area contributed by atoms with Gasteiger partial charge in [-0.25, -0.2) is 0 Å². The summed E-state index contributed by atoms with van der Waals surface area (Å²) in [5.74, 6) is 2.59. The highest BCUT2D eigenvalue weighted by molar-refractivity contribution is 5.06. The molecule has 0 radical (unpaired) electrons. The molecule has 0 bridgehead atoms. The Bertz CT molecular complexity index is 362. The van der Waals surface area contributed by atoms with Crippen molar-refractivity contribution in [3.63, 3.8) is 0 Å². The van der Waals surface area contributed by atoms with Gasteiger partial charge in [-0.15, -0.1) is 10.2 Å². The fourth-order valence-corrected chi connectivity index (χ4v) is 2.49. The standard InChI is InChI=1S/C12H22N4/c1-12(2,3)7-9(8-13)11-15-14-10-5-4-6-16(10)11/h9H,4-8,13H2,1-3H3. The third kappa shape index (κ3) is 2.26. The van der Waals surface area contributed by atoms with Crippen LogP contribution in [0, 0.1) is 5.41 Å². The Morgan fingerprint density at radius 2 is 2.12 bits per heavy atom. The van der Waals surface area contributed by atoms with Crippen LogP contribution in [0.2, 0.25) is 0 Å². The molecule has 0 aromatic carbocycles. The van der Waals surface area contributed by atoms with Crippen LogP contribution in [0.4, 0.5) is 0 Å². The number of aromatic nitrogens is 3. The Balaban J connectivity index is 2.20. The summed E-state index contributed by atoms with van der Waals surface area (Å²) in [6.07, 6.45) is 3.34. The van der Waals surface area contributed by atoms with E-state index in [0.717, 1.165) is 31.0 Å². The van der Waals surface area contributed by atoms with Crippen molar-refractivity contribution < 1.29 is 0 Å². The SMILES string of the molecule is CC(C)(C)CC(CN)c1nnc2n1CCC2. The summed E-state index contributed by atoms with van der Waals surface area (Å²) < 4.78 is 2.27. The molecular formula is C12H22N4. The molecule has 0 amide bonds. The predicted molar refractivity (Wildman–Crippen MR) is 64.2 cm³/mol. The highest BCUT2D eigenvalue weighted by atomic mass is 15.3. The monoisotopic (exact) mass is 222 g/mol. The normalized spacial score (nSPS) is 17.5. The molecule has 2 N–H and O–H groups in total. The lowest BCUT2D eigenvalue weighted by Gasteiger charge is -2.24. The van der Waals surface area contributed by atoms with Crippen molar-refractivity contribution in [3.8, 4) is 0 Å². The summed E-state index contributed by atoms with van der Waals surface area (Å²) in [4.78, 5) is 0. The van der Waals surface area contributed by atoms with E-state index >= 15 is 0 Å². The number of rotatable bonds is 3. The average Bonchev–Trinajstić information content (AvgIpc) is 2.73. The second kappa shape index (κ2) is 4.17. The van der Waals surface area contributed by atoms with E-state index in [4.69, 9.17) is 5.73 Å². The summed E-state index contributed by atoms with van der Waals surface area (Å²) in [5, 5.41) is 8.58. The Morgan fingerprint density at radius 3 is 2.75 bits per heavy atom. The lowest BCUT2D eigenvalue weighted by molar-refractivity contribution is 0.331. The summed E-state index contributed by atoms with van der Waals surface area (Å²) in [7, 11) is 0. The van der Waals surface area contributed by atoms with Crippen molar-refractivity contribution >= 4 is 0 Å². The third-order valence-corrected chi connectivity index (χ3v) is 3.15. The van der Waals surface area contributed by atoms with E-state index in [1.807, 2.05) is 0 Å². The van der Waals surface area contributed by atoms with Gasteiger partial charge in [0.15, 0.2) is 0 Å². The molecule has 1 aliphatic rings. The van der Waals surface area contributed by atoms with Gasteiger partial charge in [0.1, 0.15) is 11.6 Å². The highest BCUT2D eigenvalue weighted by Crippen LogP contribution is 2.31. The van der Waals surface area contributed by atoms with Gasteiger partial charge in [0.2, 0.25) is 0 Å². The molecule has 16 heavy (non-hydrogen) atoms. The number of hydrogen-bond acceptors (Lipinski definition) is 3. The highest BCUT2D eigenvalue weighted by Gasteiger charge is 2.26. The average molecular weight is 222 g/mol. The van der Waals surface area contributed by atoms with Gasteiger partial charge in [0.05, 0.1) is 0 Å². The zero-order valence-corrected chi connectivity index (χ0v) is 10.5. The van der Waals surface area contributed by atoms with Gasteiger partial charge in [0.25, 0.3) is 0 Å². The van der Waals surface area contributed by atoms with Crippen molar-refractivity contribution in [3.05, 3.63) is 11.6 Å². The van der Waals surface area contributed by atoms with Crippen LogP contribution in [0.5, 0.6) is 0 Å². The van der Waals surface area contributed by atoms with Crippen molar-refractivity contribution in [2.24, 2.45) is 11.1 Å². The van der Waals surface area contributed by atoms with E-state index in [2.05, 4.69) is 35.5 Å². The summed E-state index contributed by atoms with van der Waals surface area (Å²) >= 11 is 0. The molecule has 1 unspecified atom stereocenters. The van der Waals surface area contributed by atoms with E-state index in [1.165, 1.54) is 6.42 Å². The minimum absolute atomic E-state index is 0.287. The molecule has 4 nitrogen and oxygen atoms in total. The zero-order chi connectivity index (χ0) is 11.8. The molecule has 0 fully saturated rings. The number of nitrogens with zero attached hydrogens (tertiary/aromatic N) is 3. The van der Waals surface area contributed by atoms with Crippen molar-refractivity contribution in [1.82, 2.24) is 14.8 Å². The van der Waals surface area contributed by atoms with Crippen LogP contribution in [0.15, 0.2) is 0 Å². The largest absolute Gasteiger partial charge is 0.330 e. The van der Waals surface area contributed by atoms with Gasteiger partial charge >= 0.3 is 0 Å². The van der Waals surface area contributed by atoms with Crippen LogP contribution in [0.3, 0.4) is 0 Å². The molecule has 2 rings (SSSR count). The van der Waals surface area contributed by atoms with E-state index < -0.39 is 0 Å². The zero-order valence-electron chi connectivity index (χ0n) is 10.5. The molecule has 1 aromatic rings. The van der Waals surface area contributed by atoms with Gasteiger partial charge in [-0.2, -0.15) is 0 Å². The van der Waals surface area contributed by atoms with Gasteiger partial charge in [-0.3, -0.25) is 0 Å². The molecule has 1 aromatic heterocycles. The molecule has 0 saturated heterocycles. The summed E-state index contributed by atoms with van der Waals surface area (Å²) in [6, 6.07) is 0. The van der Waals surface area contributed by atoms with Gasteiger partial charge < -0.3 is 10.3 Å². The van der Waals surface area contributed by atoms with Crippen LogP contribution < -0.4 is 5.73 Å². The molecule has 1 atom stereocenters. The van der Waals surface area contributed by atoms with Gasteiger partial charge in [0, 0.05) is 25.4 Å². The fourth-order valence-electron chi connectivity index (χ4n) is 2.49. The van der Waals surface area contributed by atoms with Crippen molar-refractivity contribution in [1.29, 1.82) is 0 Å². The van der Waals surface area contributed by atoms with Crippen LogP contribution >= 0.6 is 0 Å². The molecular weight excluding hydrogens is 200 g/mol. The molecule has 0 spiro atoms. The minimum atomic E-state index is 0.287. The first-order valence-corrected chi connectivity index (χ1v) is 6.13. The van der Waals surface area contributed by atoms with Crippen LogP contribution in [0.25, 0.3) is 0 Å². The topological polar surface area (TPSA) is 56.7 Å². The van der Waals surface area contributed by atoms with Crippen molar-refractivity contribution in [2.75, 3.05) is 6.54 Å². The van der Waals surface area contributed by atoms with Gasteiger partial charge in [-0.05, 0) is 18.3 Å². The minimum Gasteiger partial charge on any atom is -0.330 e. The second-order valence-corrected chi connectivity index (χ2v) is 5.93. The van der Waals surface area contributed by atoms with E-state index in [-0.39, 0.29) is 5.41 Å². The van der Waals surface area contributed by atoms with E-state index in [0.29, 0.717) is 12.5 Å². The lowest BCUT2D eigenvalue weighted by Crippen LogP contribution is -2.22. The molecule has 1 aliphatic heterocycles. The molecule has 2 heterocycles. The molecule has 4 heteroatoms. The first-order chi connectivity index (χ1) is 7.51. The lowest BCUT2D eigenvalue weighted by atomic mass is 9.84. The van der Waals surface area contributed by atoms with Crippen LogP contribution in [-0.2, 0) is 13.0 Å². The molecule has 0 saturated carbocycles. The van der Waals surface area contributed by atoms with Gasteiger partial charge in [-0.1, -0.05) is 20.8 Å². The quantitative estimate of drug-likeness (QED) is 0.847. The van der Waals surface area contributed by atoms with E-state index in [9.17, 15) is 0 Å². The maximum Gasteiger partial charge on any atom is 0.137 e. The first-order valence-electron chi connectivity index (χ1n) is 6.13. The number of aryl methyl sites for hydroxylation is 1. The van der Waals surface area contributed by atoms with E-state index in [1.54, 1.807) is 0 Å². The summed E-state index contributed by atoms with van der Waals surface area (Å²) in [5.41, 5.74) is 6.17. The van der Waals surface area contributed by atoms with Crippen LogP contribution in [-0.4, -0.2) is 21.3 Å².